The SMILES string of the molecule is C=CC#C/C(=C\c1ccc(OC)cc1)C(=O)OC. The monoisotopic (exact) mass is 242 g/mol. The molecule has 0 fully saturated rings. The van der Waals surface area contributed by atoms with Crippen LogP contribution in [0.15, 0.2) is 42.5 Å². The summed E-state index contributed by atoms with van der Waals surface area (Å²) >= 11 is 0. The van der Waals surface area contributed by atoms with Gasteiger partial charge in [0.1, 0.15) is 11.3 Å². The van der Waals surface area contributed by atoms with Crippen LogP contribution in [0.3, 0.4) is 0 Å². The third-order valence-corrected chi connectivity index (χ3v) is 2.14. The van der Waals surface area contributed by atoms with E-state index >= 15 is 0 Å². The minimum absolute atomic E-state index is 0.280. The Balaban J connectivity index is 3.06. The fourth-order valence-corrected chi connectivity index (χ4v) is 1.25. The predicted octanol–water partition coefficient (Wildman–Crippen LogP) is 2.44. The number of carbonyl (C=O) groups is 1. The summed E-state index contributed by atoms with van der Waals surface area (Å²) < 4.78 is 9.71. The van der Waals surface area contributed by atoms with E-state index in [2.05, 4.69) is 23.2 Å². The zero-order valence-corrected chi connectivity index (χ0v) is 10.4. The molecule has 0 aromatic heterocycles. The van der Waals surface area contributed by atoms with Gasteiger partial charge in [0.05, 0.1) is 14.2 Å². The minimum Gasteiger partial charge on any atom is -0.497 e. The van der Waals surface area contributed by atoms with Crippen LogP contribution in [0.4, 0.5) is 0 Å². The van der Waals surface area contributed by atoms with E-state index < -0.39 is 5.97 Å². The number of ether oxygens (including phenoxy) is 2. The van der Waals surface area contributed by atoms with Gasteiger partial charge in [-0.3, -0.25) is 0 Å². The number of carbonyl (C=O) groups excluding carboxylic acids is 1. The molecule has 0 aliphatic carbocycles. The van der Waals surface area contributed by atoms with E-state index in [1.54, 1.807) is 13.2 Å². The van der Waals surface area contributed by atoms with Gasteiger partial charge in [-0.15, -0.1) is 0 Å². The lowest BCUT2D eigenvalue weighted by atomic mass is 10.1. The number of allylic oxidation sites excluding steroid dienone is 1. The maximum absolute atomic E-state index is 11.5. The van der Waals surface area contributed by atoms with Crippen LogP contribution in [0.1, 0.15) is 5.56 Å². The lowest BCUT2D eigenvalue weighted by Crippen LogP contribution is -2.02. The molecule has 0 aliphatic rings. The number of methoxy groups -OCH3 is 2. The Labute approximate surface area is 107 Å². The molecule has 0 heterocycles. The first-order valence-corrected chi connectivity index (χ1v) is 5.27. The predicted molar refractivity (Wildman–Crippen MR) is 71.0 cm³/mol. The second-order valence-corrected chi connectivity index (χ2v) is 3.30. The Bertz CT molecular complexity index is 513. The molecule has 0 aliphatic heterocycles. The molecule has 1 aromatic carbocycles. The summed E-state index contributed by atoms with van der Waals surface area (Å²) in [6.07, 6.45) is 3.08. The van der Waals surface area contributed by atoms with Crippen molar-refractivity contribution < 1.29 is 14.3 Å². The van der Waals surface area contributed by atoms with E-state index in [0.717, 1.165) is 11.3 Å². The second kappa shape index (κ2) is 6.97. The van der Waals surface area contributed by atoms with Crippen LogP contribution in [0.5, 0.6) is 5.75 Å². The first kappa shape index (κ1) is 13.6. The fourth-order valence-electron chi connectivity index (χ4n) is 1.25. The number of esters is 1. The van der Waals surface area contributed by atoms with Crippen molar-refractivity contribution in [2.75, 3.05) is 14.2 Å². The maximum atomic E-state index is 11.5. The summed E-state index contributed by atoms with van der Waals surface area (Å²) in [7, 11) is 2.92. The fraction of sp³-hybridized carbons (Fsp3) is 0.133. The van der Waals surface area contributed by atoms with Crippen LogP contribution in [-0.4, -0.2) is 20.2 Å². The molecule has 1 rings (SSSR count). The van der Waals surface area contributed by atoms with Crippen molar-refractivity contribution in [3.05, 3.63) is 48.1 Å². The molecule has 0 N–H and O–H groups in total. The lowest BCUT2D eigenvalue weighted by Gasteiger charge is -2.01. The molecule has 0 bridgehead atoms. The topological polar surface area (TPSA) is 35.5 Å². The molecule has 3 heteroatoms. The Morgan fingerprint density at radius 3 is 2.44 bits per heavy atom. The van der Waals surface area contributed by atoms with Gasteiger partial charge < -0.3 is 9.47 Å². The minimum atomic E-state index is -0.472. The summed E-state index contributed by atoms with van der Waals surface area (Å²) in [4.78, 5) is 11.5. The summed E-state index contributed by atoms with van der Waals surface area (Å²) in [6, 6.07) is 7.28. The van der Waals surface area contributed by atoms with E-state index in [-0.39, 0.29) is 5.57 Å². The molecule has 18 heavy (non-hydrogen) atoms. The van der Waals surface area contributed by atoms with Crippen LogP contribution in [0, 0.1) is 11.8 Å². The average molecular weight is 242 g/mol. The number of hydrogen-bond donors (Lipinski definition) is 0. The summed E-state index contributed by atoms with van der Waals surface area (Å²) in [5.41, 5.74) is 1.12. The van der Waals surface area contributed by atoms with Crippen LogP contribution < -0.4 is 4.74 Å². The zero-order chi connectivity index (χ0) is 13.4. The Morgan fingerprint density at radius 1 is 1.28 bits per heavy atom. The molecule has 0 radical (unpaired) electrons. The third kappa shape index (κ3) is 3.84. The molecular formula is C15H14O3. The molecule has 0 saturated heterocycles. The molecule has 3 nitrogen and oxygen atoms in total. The second-order valence-electron chi connectivity index (χ2n) is 3.30. The van der Waals surface area contributed by atoms with Gasteiger partial charge in [-0.1, -0.05) is 30.6 Å². The smallest absolute Gasteiger partial charge is 0.346 e. The van der Waals surface area contributed by atoms with Crippen molar-refractivity contribution >= 4 is 12.0 Å². The highest BCUT2D eigenvalue weighted by molar-refractivity contribution is 5.98. The quantitative estimate of drug-likeness (QED) is 0.464. The number of rotatable bonds is 3. The first-order chi connectivity index (χ1) is 8.71. The van der Waals surface area contributed by atoms with Gasteiger partial charge in [0, 0.05) is 0 Å². The van der Waals surface area contributed by atoms with Gasteiger partial charge in [0.15, 0.2) is 0 Å². The molecule has 92 valence electrons. The lowest BCUT2D eigenvalue weighted by molar-refractivity contribution is -0.135. The van der Waals surface area contributed by atoms with E-state index in [9.17, 15) is 4.79 Å². The van der Waals surface area contributed by atoms with Gasteiger partial charge in [-0.25, -0.2) is 4.79 Å². The number of benzene rings is 1. The Kier molecular flexibility index (Phi) is 5.27. The van der Waals surface area contributed by atoms with E-state index in [4.69, 9.17) is 4.74 Å². The molecule has 0 amide bonds. The molecule has 0 unspecified atom stereocenters. The number of hydrogen-bond acceptors (Lipinski definition) is 3. The molecule has 0 spiro atoms. The maximum Gasteiger partial charge on any atom is 0.346 e. The van der Waals surface area contributed by atoms with Gasteiger partial charge in [-0.2, -0.15) is 0 Å². The van der Waals surface area contributed by atoms with Crippen molar-refractivity contribution in [3.63, 3.8) is 0 Å². The largest absolute Gasteiger partial charge is 0.497 e. The first-order valence-electron chi connectivity index (χ1n) is 5.27. The highest BCUT2D eigenvalue weighted by Gasteiger charge is 2.06. The molecule has 1 aromatic rings. The van der Waals surface area contributed by atoms with E-state index in [1.807, 2.05) is 24.3 Å². The summed E-state index contributed by atoms with van der Waals surface area (Å²) in [6.45, 7) is 3.48. The van der Waals surface area contributed by atoms with Crippen molar-refractivity contribution in [2.45, 2.75) is 0 Å². The zero-order valence-electron chi connectivity index (χ0n) is 10.4. The van der Waals surface area contributed by atoms with Crippen molar-refractivity contribution in [2.24, 2.45) is 0 Å². The Morgan fingerprint density at radius 2 is 1.94 bits per heavy atom. The van der Waals surface area contributed by atoms with Gasteiger partial charge >= 0.3 is 5.97 Å². The molecular weight excluding hydrogens is 228 g/mol. The highest BCUT2D eigenvalue weighted by Crippen LogP contribution is 2.14. The van der Waals surface area contributed by atoms with E-state index in [1.165, 1.54) is 13.2 Å². The van der Waals surface area contributed by atoms with Crippen molar-refractivity contribution in [1.29, 1.82) is 0 Å². The average Bonchev–Trinajstić information content (AvgIpc) is 2.43. The van der Waals surface area contributed by atoms with Gasteiger partial charge in [0.2, 0.25) is 0 Å². The van der Waals surface area contributed by atoms with E-state index in [0.29, 0.717) is 0 Å². The van der Waals surface area contributed by atoms with Gasteiger partial charge in [0.25, 0.3) is 0 Å². The van der Waals surface area contributed by atoms with Crippen LogP contribution in [0.25, 0.3) is 6.08 Å². The molecule has 0 atom stereocenters. The summed E-state index contributed by atoms with van der Waals surface area (Å²) in [5, 5.41) is 0. The summed E-state index contributed by atoms with van der Waals surface area (Å²) in [5.74, 6) is 5.59. The van der Waals surface area contributed by atoms with Gasteiger partial charge in [-0.05, 0) is 29.8 Å². The van der Waals surface area contributed by atoms with Crippen molar-refractivity contribution in [3.8, 4) is 17.6 Å². The van der Waals surface area contributed by atoms with Crippen LogP contribution >= 0.6 is 0 Å². The van der Waals surface area contributed by atoms with Crippen molar-refractivity contribution in [1.82, 2.24) is 0 Å². The molecule has 0 saturated carbocycles. The third-order valence-electron chi connectivity index (χ3n) is 2.14. The highest BCUT2D eigenvalue weighted by atomic mass is 16.5. The van der Waals surface area contributed by atoms with Crippen LogP contribution in [0.2, 0.25) is 0 Å². The Hall–Kier alpha value is -2.47. The van der Waals surface area contributed by atoms with Crippen LogP contribution in [-0.2, 0) is 9.53 Å². The standard InChI is InChI=1S/C15H14O3/c1-4-5-6-13(15(16)18-3)11-12-7-9-14(17-2)10-8-12/h4,7-11H,1H2,2-3H3/b13-11+. The normalized spacial score (nSPS) is 10.0.